The van der Waals surface area contributed by atoms with Crippen LogP contribution in [0.15, 0.2) is 27.8 Å². The van der Waals surface area contributed by atoms with Gasteiger partial charge in [0.2, 0.25) is 6.79 Å². The molecule has 3 aromatic rings. The summed E-state index contributed by atoms with van der Waals surface area (Å²) in [6.07, 6.45) is 0.942. The molecule has 1 unspecified atom stereocenters. The number of aromatic nitrogens is 3. The standard InChI is InChI=1S/C23H21N5O5/c1-23(2)6-10-15(11(29)7-23)18(24)16-14(9-3-4-12-13(5-9)33-8-32-12)17-20(26-19(16)25-10)27-22(31)28-21(17)30/h3-5,14H,6-8H2,1-2H3,(H5,24,25,26,27,28,30,31). The number of carbonyl (C=O) groups is 1. The lowest BCUT2D eigenvalue weighted by Gasteiger charge is -2.34. The van der Waals surface area contributed by atoms with Crippen LogP contribution >= 0.6 is 0 Å². The van der Waals surface area contributed by atoms with Crippen LogP contribution in [0.3, 0.4) is 0 Å². The molecule has 0 saturated carbocycles. The molecule has 0 amide bonds. The SMILES string of the molecule is CC1(C)CC(=O)c2c(nc3c(c2N)C(c2ccc4c(c2)OCO4)c2c([nH]c(=O)[nH]c2=O)N3)C1. The number of anilines is 3. The van der Waals surface area contributed by atoms with Crippen LogP contribution in [-0.2, 0) is 6.42 Å². The van der Waals surface area contributed by atoms with Crippen molar-refractivity contribution in [1.29, 1.82) is 0 Å². The van der Waals surface area contributed by atoms with E-state index in [0.29, 0.717) is 58.2 Å². The van der Waals surface area contributed by atoms with Crippen molar-refractivity contribution in [3.8, 4) is 11.5 Å². The van der Waals surface area contributed by atoms with Gasteiger partial charge in [-0.3, -0.25) is 19.6 Å². The Morgan fingerprint density at radius 2 is 1.85 bits per heavy atom. The monoisotopic (exact) mass is 447 g/mol. The number of ether oxygens (including phenoxy) is 2. The Labute approximate surface area is 187 Å². The average molecular weight is 447 g/mol. The Kier molecular flexibility index (Phi) is 3.84. The van der Waals surface area contributed by atoms with E-state index >= 15 is 0 Å². The average Bonchev–Trinajstić information content (AvgIpc) is 3.18. The third-order valence-corrected chi connectivity index (χ3v) is 6.44. The normalized spacial score (nSPS) is 19.3. The lowest BCUT2D eigenvalue weighted by molar-refractivity contribution is 0.0911. The van der Waals surface area contributed by atoms with Crippen LogP contribution in [0.25, 0.3) is 0 Å². The van der Waals surface area contributed by atoms with Crippen molar-refractivity contribution in [1.82, 2.24) is 15.0 Å². The third-order valence-electron chi connectivity index (χ3n) is 6.44. The van der Waals surface area contributed by atoms with Crippen molar-refractivity contribution in [3.63, 3.8) is 0 Å². The molecule has 3 aliphatic rings. The molecule has 0 bridgehead atoms. The minimum atomic E-state index is -0.688. The fourth-order valence-electron chi connectivity index (χ4n) is 5.09. The fourth-order valence-corrected chi connectivity index (χ4v) is 5.09. The number of hydrogen-bond donors (Lipinski definition) is 4. The molecule has 5 N–H and O–H groups in total. The number of nitrogen functional groups attached to an aromatic ring is 1. The summed E-state index contributed by atoms with van der Waals surface area (Å²) in [6, 6.07) is 5.35. The first-order valence-electron chi connectivity index (χ1n) is 10.6. The fraction of sp³-hybridized carbons (Fsp3) is 0.304. The molecule has 2 aromatic heterocycles. The van der Waals surface area contributed by atoms with Crippen LogP contribution in [0.4, 0.5) is 17.3 Å². The second-order valence-electron chi connectivity index (χ2n) is 9.42. The third kappa shape index (κ3) is 2.86. The van der Waals surface area contributed by atoms with Crippen LogP contribution < -0.4 is 31.8 Å². The van der Waals surface area contributed by atoms with E-state index < -0.39 is 17.2 Å². The van der Waals surface area contributed by atoms with E-state index in [2.05, 4.69) is 15.3 Å². The number of nitrogens with two attached hydrogens (primary N) is 1. The van der Waals surface area contributed by atoms with E-state index in [4.69, 9.17) is 20.2 Å². The molecule has 1 aromatic carbocycles. The van der Waals surface area contributed by atoms with Gasteiger partial charge in [0.1, 0.15) is 11.6 Å². The zero-order valence-corrected chi connectivity index (χ0v) is 18.0. The van der Waals surface area contributed by atoms with Gasteiger partial charge in [0.05, 0.1) is 22.5 Å². The van der Waals surface area contributed by atoms with Crippen molar-refractivity contribution in [2.24, 2.45) is 5.41 Å². The zero-order valence-electron chi connectivity index (χ0n) is 18.0. The van der Waals surface area contributed by atoms with Gasteiger partial charge in [0, 0.05) is 17.9 Å². The van der Waals surface area contributed by atoms with Gasteiger partial charge in [-0.25, -0.2) is 9.78 Å². The number of rotatable bonds is 1. The van der Waals surface area contributed by atoms with E-state index in [0.717, 1.165) is 0 Å². The molecule has 168 valence electrons. The highest BCUT2D eigenvalue weighted by atomic mass is 16.7. The van der Waals surface area contributed by atoms with Gasteiger partial charge >= 0.3 is 5.69 Å². The van der Waals surface area contributed by atoms with Gasteiger partial charge in [-0.15, -0.1) is 0 Å². The van der Waals surface area contributed by atoms with E-state index in [-0.39, 0.29) is 29.4 Å². The van der Waals surface area contributed by atoms with E-state index in [1.165, 1.54) is 0 Å². The lowest BCUT2D eigenvalue weighted by atomic mass is 9.73. The quantitative estimate of drug-likeness (QED) is 0.346. The first-order chi connectivity index (χ1) is 15.7. The Balaban J connectivity index is 1.65. The Morgan fingerprint density at radius 3 is 2.67 bits per heavy atom. The topological polar surface area (TPSA) is 152 Å². The van der Waals surface area contributed by atoms with Gasteiger partial charge in [-0.05, 0) is 29.5 Å². The van der Waals surface area contributed by atoms with Gasteiger partial charge in [0.15, 0.2) is 17.3 Å². The number of pyridine rings is 1. The maximum atomic E-state index is 13.1. The zero-order chi connectivity index (χ0) is 23.1. The second kappa shape index (κ2) is 6.47. The van der Waals surface area contributed by atoms with E-state index in [1.54, 1.807) is 12.1 Å². The summed E-state index contributed by atoms with van der Waals surface area (Å²) in [5, 5.41) is 3.07. The summed E-state index contributed by atoms with van der Waals surface area (Å²) in [4.78, 5) is 47.8. The van der Waals surface area contributed by atoms with E-state index in [9.17, 15) is 14.4 Å². The number of nitrogens with one attached hydrogen (secondary N) is 3. The first kappa shape index (κ1) is 19.6. The van der Waals surface area contributed by atoms with Crippen LogP contribution in [0.2, 0.25) is 0 Å². The first-order valence-corrected chi connectivity index (χ1v) is 10.6. The molecular formula is C23H21N5O5. The molecule has 0 fully saturated rings. The molecule has 4 heterocycles. The maximum Gasteiger partial charge on any atom is 0.327 e. The van der Waals surface area contributed by atoms with Gasteiger partial charge in [-0.2, -0.15) is 0 Å². The molecule has 33 heavy (non-hydrogen) atoms. The number of aromatic amines is 2. The minimum absolute atomic E-state index is 0.0698. The number of benzene rings is 1. The van der Waals surface area contributed by atoms with Gasteiger partial charge < -0.3 is 20.5 Å². The van der Waals surface area contributed by atoms with Crippen molar-refractivity contribution < 1.29 is 14.3 Å². The van der Waals surface area contributed by atoms with Crippen LogP contribution in [0.5, 0.6) is 11.5 Å². The highest BCUT2D eigenvalue weighted by molar-refractivity contribution is 6.05. The molecule has 1 atom stereocenters. The Morgan fingerprint density at radius 1 is 1.06 bits per heavy atom. The van der Waals surface area contributed by atoms with Crippen LogP contribution in [0, 0.1) is 5.41 Å². The van der Waals surface area contributed by atoms with Crippen molar-refractivity contribution >= 4 is 23.1 Å². The van der Waals surface area contributed by atoms with Gasteiger partial charge in [-0.1, -0.05) is 19.9 Å². The molecule has 10 nitrogen and oxygen atoms in total. The minimum Gasteiger partial charge on any atom is -0.454 e. The molecule has 2 aliphatic heterocycles. The molecule has 1 aliphatic carbocycles. The Hall–Kier alpha value is -4.08. The Bertz CT molecular complexity index is 1490. The molecule has 10 heteroatoms. The molecular weight excluding hydrogens is 426 g/mol. The summed E-state index contributed by atoms with van der Waals surface area (Å²) < 4.78 is 11.0. The number of nitrogens with zero attached hydrogens (tertiary/aromatic N) is 1. The summed E-state index contributed by atoms with van der Waals surface area (Å²) >= 11 is 0. The van der Waals surface area contributed by atoms with Crippen molar-refractivity contribution in [2.75, 3.05) is 17.8 Å². The predicted octanol–water partition coefficient (Wildman–Crippen LogP) is 2.16. The predicted molar refractivity (Wildman–Crippen MR) is 120 cm³/mol. The summed E-state index contributed by atoms with van der Waals surface area (Å²) in [5.41, 5.74) is 8.00. The molecule has 0 saturated heterocycles. The number of fused-ring (bicyclic) bond motifs is 4. The number of hydrogen-bond acceptors (Lipinski definition) is 8. The number of Topliss-reactive ketones (excluding diaryl/α,β-unsaturated/α-hetero) is 1. The van der Waals surface area contributed by atoms with Crippen LogP contribution in [0.1, 0.15) is 58.9 Å². The molecule has 6 rings (SSSR count). The number of carbonyl (C=O) groups excluding carboxylic acids is 1. The van der Waals surface area contributed by atoms with Crippen molar-refractivity contribution in [2.45, 2.75) is 32.6 Å². The summed E-state index contributed by atoms with van der Waals surface area (Å²) in [6.45, 7) is 4.13. The van der Waals surface area contributed by atoms with E-state index in [1.807, 2.05) is 19.9 Å². The van der Waals surface area contributed by atoms with Crippen molar-refractivity contribution in [3.05, 3.63) is 67.0 Å². The lowest BCUT2D eigenvalue weighted by Crippen LogP contribution is -2.34. The summed E-state index contributed by atoms with van der Waals surface area (Å²) in [5.74, 6) is 1.03. The number of H-pyrrole nitrogens is 2. The maximum absolute atomic E-state index is 13.1. The number of ketones is 1. The largest absolute Gasteiger partial charge is 0.454 e. The smallest absolute Gasteiger partial charge is 0.327 e. The highest BCUT2D eigenvalue weighted by Crippen LogP contribution is 2.49. The second-order valence-corrected chi connectivity index (χ2v) is 9.42. The summed E-state index contributed by atoms with van der Waals surface area (Å²) in [7, 11) is 0. The van der Waals surface area contributed by atoms with Gasteiger partial charge in [0.25, 0.3) is 5.56 Å². The molecule has 0 spiro atoms. The highest BCUT2D eigenvalue weighted by Gasteiger charge is 2.40. The molecule has 0 radical (unpaired) electrons. The van der Waals surface area contributed by atoms with Crippen LogP contribution in [-0.4, -0.2) is 27.5 Å².